The monoisotopic (exact) mass is 210 g/mol. The highest BCUT2D eigenvalue weighted by molar-refractivity contribution is 6.31. The first kappa shape index (κ1) is 9.09. The zero-order valence-corrected chi connectivity index (χ0v) is 7.86. The minimum atomic E-state index is -0.754. The average molecular weight is 211 g/mol. The summed E-state index contributed by atoms with van der Waals surface area (Å²) in [5.74, 6) is -0.657. The molecule has 1 N–H and O–H groups in total. The van der Waals surface area contributed by atoms with Crippen LogP contribution in [-0.4, -0.2) is 11.1 Å². The fourth-order valence-corrected chi connectivity index (χ4v) is 1.55. The Balaban J connectivity index is 2.38. The van der Waals surface area contributed by atoms with Gasteiger partial charge in [0.15, 0.2) is 6.10 Å². The van der Waals surface area contributed by atoms with Gasteiger partial charge < -0.3 is 9.84 Å². The van der Waals surface area contributed by atoms with Gasteiger partial charge in [-0.2, -0.15) is 0 Å². The van der Waals surface area contributed by atoms with Gasteiger partial charge in [0.2, 0.25) is 0 Å². The summed E-state index contributed by atoms with van der Waals surface area (Å²) in [7, 11) is 0. The highest BCUT2D eigenvalue weighted by atomic mass is 35.5. The first-order valence-corrected chi connectivity index (χ1v) is 4.42. The Morgan fingerprint density at radius 3 is 2.64 bits per heavy atom. The van der Waals surface area contributed by atoms with Crippen LogP contribution in [0.4, 0.5) is 0 Å². The van der Waals surface area contributed by atoms with Crippen molar-refractivity contribution in [2.75, 3.05) is 0 Å². The molecule has 0 aromatic heterocycles. The molecule has 0 bridgehead atoms. The van der Waals surface area contributed by atoms with Crippen LogP contribution in [0.15, 0.2) is 36.1 Å². The molecule has 1 aromatic rings. The lowest BCUT2D eigenvalue weighted by atomic mass is 10.1. The first-order chi connectivity index (χ1) is 6.68. The fourth-order valence-electron chi connectivity index (χ4n) is 1.32. The third-order valence-corrected chi connectivity index (χ3v) is 2.30. The van der Waals surface area contributed by atoms with Crippen molar-refractivity contribution in [1.82, 2.24) is 0 Å². The minimum absolute atomic E-state index is 0.108. The standard InChI is InChI=1S/C10H7ClO3/c11-7-4-2-1-3-6(7)10-8(12)5-9(13)14-10/h1-5,10,12H. The molecular weight excluding hydrogens is 204 g/mol. The van der Waals surface area contributed by atoms with Crippen molar-refractivity contribution in [3.05, 3.63) is 46.7 Å². The molecule has 1 aliphatic heterocycles. The quantitative estimate of drug-likeness (QED) is 0.724. The molecule has 1 aromatic carbocycles. The Morgan fingerprint density at radius 1 is 1.36 bits per heavy atom. The molecule has 1 unspecified atom stereocenters. The van der Waals surface area contributed by atoms with Gasteiger partial charge in [-0.25, -0.2) is 4.79 Å². The van der Waals surface area contributed by atoms with Gasteiger partial charge in [0.05, 0.1) is 6.08 Å². The summed E-state index contributed by atoms with van der Waals surface area (Å²) in [6, 6.07) is 6.91. The highest BCUT2D eigenvalue weighted by Crippen LogP contribution is 2.33. The van der Waals surface area contributed by atoms with E-state index in [1.165, 1.54) is 0 Å². The number of aliphatic hydroxyl groups excluding tert-OH is 1. The second-order valence-electron chi connectivity index (χ2n) is 2.91. The lowest BCUT2D eigenvalue weighted by Gasteiger charge is -2.11. The van der Waals surface area contributed by atoms with E-state index in [-0.39, 0.29) is 5.76 Å². The summed E-state index contributed by atoms with van der Waals surface area (Å²) in [5.41, 5.74) is 0.591. The largest absolute Gasteiger partial charge is 0.508 e. The molecular formula is C10H7ClO3. The number of carbonyl (C=O) groups excluding carboxylic acids is 1. The van der Waals surface area contributed by atoms with E-state index < -0.39 is 12.1 Å². The summed E-state index contributed by atoms with van der Waals surface area (Å²) in [6.45, 7) is 0. The predicted octanol–water partition coefficient (Wildman–Crippen LogP) is 2.38. The summed E-state index contributed by atoms with van der Waals surface area (Å²) >= 11 is 5.89. The molecule has 0 spiro atoms. The zero-order valence-electron chi connectivity index (χ0n) is 7.11. The normalized spacial score (nSPS) is 20.5. The predicted molar refractivity (Wildman–Crippen MR) is 51.0 cm³/mol. The van der Waals surface area contributed by atoms with Gasteiger partial charge >= 0.3 is 5.97 Å². The molecule has 0 saturated carbocycles. The van der Waals surface area contributed by atoms with Gasteiger partial charge in [-0.3, -0.25) is 0 Å². The summed E-state index contributed by atoms with van der Waals surface area (Å²) in [5, 5.41) is 9.86. The third kappa shape index (κ3) is 1.46. The molecule has 4 heteroatoms. The van der Waals surface area contributed by atoms with Crippen LogP contribution in [0, 0.1) is 0 Å². The lowest BCUT2D eigenvalue weighted by Crippen LogP contribution is -2.03. The van der Waals surface area contributed by atoms with Gasteiger partial charge in [0, 0.05) is 10.6 Å². The Kier molecular flexibility index (Phi) is 2.17. The number of rotatable bonds is 1. The maximum Gasteiger partial charge on any atom is 0.335 e. The number of hydrogen-bond acceptors (Lipinski definition) is 3. The highest BCUT2D eigenvalue weighted by Gasteiger charge is 2.28. The van der Waals surface area contributed by atoms with Crippen LogP contribution in [0.1, 0.15) is 11.7 Å². The molecule has 0 amide bonds. The van der Waals surface area contributed by atoms with Crippen LogP contribution < -0.4 is 0 Å². The number of esters is 1. The molecule has 72 valence electrons. The van der Waals surface area contributed by atoms with Gasteiger partial charge in [-0.15, -0.1) is 0 Å². The number of ether oxygens (including phenoxy) is 1. The van der Waals surface area contributed by atoms with E-state index in [4.69, 9.17) is 16.3 Å². The van der Waals surface area contributed by atoms with Crippen molar-refractivity contribution in [3.63, 3.8) is 0 Å². The molecule has 2 rings (SSSR count). The molecule has 3 nitrogen and oxygen atoms in total. The SMILES string of the molecule is O=C1C=C(O)C(c2ccccc2Cl)O1. The second-order valence-corrected chi connectivity index (χ2v) is 3.31. The molecule has 14 heavy (non-hydrogen) atoms. The third-order valence-electron chi connectivity index (χ3n) is 1.96. The second kappa shape index (κ2) is 3.35. The van der Waals surface area contributed by atoms with Crippen LogP contribution >= 0.6 is 11.6 Å². The number of carbonyl (C=O) groups is 1. The fraction of sp³-hybridized carbons (Fsp3) is 0.100. The maximum atomic E-state index is 10.8. The molecule has 1 aliphatic rings. The molecule has 1 atom stereocenters. The van der Waals surface area contributed by atoms with Gasteiger partial charge in [0.25, 0.3) is 0 Å². The topological polar surface area (TPSA) is 46.5 Å². The van der Waals surface area contributed by atoms with E-state index in [9.17, 15) is 9.90 Å². The molecule has 0 aliphatic carbocycles. The van der Waals surface area contributed by atoms with Crippen LogP contribution in [0.5, 0.6) is 0 Å². The Bertz CT molecular complexity index is 412. The van der Waals surface area contributed by atoms with E-state index in [1.54, 1.807) is 24.3 Å². The number of hydrogen-bond donors (Lipinski definition) is 1. The molecule has 0 fully saturated rings. The van der Waals surface area contributed by atoms with Crippen LogP contribution in [-0.2, 0) is 9.53 Å². The number of benzene rings is 1. The number of halogens is 1. The summed E-state index contributed by atoms with van der Waals surface area (Å²) in [6.07, 6.45) is 0.296. The Morgan fingerprint density at radius 2 is 2.07 bits per heavy atom. The molecule has 0 radical (unpaired) electrons. The number of cyclic esters (lactones) is 1. The van der Waals surface area contributed by atoms with Gasteiger partial charge in [-0.05, 0) is 6.07 Å². The molecule has 0 saturated heterocycles. The summed E-state index contributed by atoms with van der Waals surface area (Å²) < 4.78 is 4.87. The van der Waals surface area contributed by atoms with Crippen molar-refractivity contribution in [3.8, 4) is 0 Å². The summed E-state index contributed by atoms with van der Waals surface area (Å²) in [4.78, 5) is 10.8. The Hall–Kier alpha value is -1.48. The van der Waals surface area contributed by atoms with E-state index in [2.05, 4.69) is 0 Å². The lowest BCUT2D eigenvalue weighted by molar-refractivity contribution is -0.139. The van der Waals surface area contributed by atoms with Crippen LogP contribution in [0.3, 0.4) is 0 Å². The minimum Gasteiger partial charge on any atom is -0.508 e. The van der Waals surface area contributed by atoms with Gasteiger partial charge in [0.1, 0.15) is 5.76 Å². The van der Waals surface area contributed by atoms with Crippen molar-refractivity contribution < 1.29 is 14.6 Å². The van der Waals surface area contributed by atoms with E-state index >= 15 is 0 Å². The van der Waals surface area contributed by atoms with Crippen molar-refractivity contribution >= 4 is 17.6 Å². The smallest absolute Gasteiger partial charge is 0.335 e. The van der Waals surface area contributed by atoms with Crippen molar-refractivity contribution in [1.29, 1.82) is 0 Å². The van der Waals surface area contributed by atoms with Crippen molar-refractivity contribution in [2.45, 2.75) is 6.10 Å². The Labute approximate surface area is 85.6 Å². The number of aliphatic hydroxyl groups is 1. The maximum absolute atomic E-state index is 10.8. The van der Waals surface area contributed by atoms with E-state index in [0.29, 0.717) is 10.6 Å². The van der Waals surface area contributed by atoms with Crippen LogP contribution in [0.25, 0.3) is 0 Å². The first-order valence-electron chi connectivity index (χ1n) is 4.04. The van der Waals surface area contributed by atoms with E-state index in [0.717, 1.165) is 6.08 Å². The van der Waals surface area contributed by atoms with Crippen LogP contribution in [0.2, 0.25) is 5.02 Å². The van der Waals surface area contributed by atoms with E-state index in [1.807, 2.05) is 0 Å². The zero-order chi connectivity index (χ0) is 10.1. The van der Waals surface area contributed by atoms with Gasteiger partial charge in [-0.1, -0.05) is 29.8 Å². The molecule has 1 heterocycles. The average Bonchev–Trinajstić information content (AvgIpc) is 2.46. The van der Waals surface area contributed by atoms with Crippen molar-refractivity contribution in [2.24, 2.45) is 0 Å².